The highest BCUT2D eigenvalue weighted by atomic mass is 32.2. The first-order valence-electron chi connectivity index (χ1n) is 29.3. The maximum absolute atomic E-state index is 14.3. The molecule has 18 heteroatoms. The van der Waals surface area contributed by atoms with Crippen molar-refractivity contribution in [3.63, 3.8) is 0 Å². The van der Waals surface area contributed by atoms with E-state index in [1.165, 1.54) is 18.7 Å². The van der Waals surface area contributed by atoms with Gasteiger partial charge in [0.1, 0.15) is 15.1 Å². The van der Waals surface area contributed by atoms with Crippen molar-refractivity contribution < 1.29 is 56.4 Å². The molecular formula is C66H85F3N2O9S4. The number of alkyl halides is 3. The molecule has 2 aromatic rings. The highest BCUT2D eigenvalue weighted by molar-refractivity contribution is 8.25. The number of nitrogens with zero attached hydrogens (tertiary/aromatic N) is 2. The second-order valence-electron chi connectivity index (χ2n) is 24.9. The highest BCUT2D eigenvalue weighted by Gasteiger charge is 2.53. The van der Waals surface area contributed by atoms with Gasteiger partial charge < -0.3 is 33.7 Å². The fourth-order valence-electron chi connectivity index (χ4n) is 12.1. The van der Waals surface area contributed by atoms with Crippen molar-refractivity contribution in [2.24, 2.45) is 41.4 Å². The number of esters is 4. The summed E-state index contributed by atoms with van der Waals surface area (Å²) in [6, 6.07) is 18.4. The van der Waals surface area contributed by atoms with Crippen LogP contribution in [0.3, 0.4) is 0 Å². The van der Waals surface area contributed by atoms with Gasteiger partial charge in [0.2, 0.25) is 11.1 Å². The van der Waals surface area contributed by atoms with Crippen molar-refractivity contribution in [3.8, 4) is 0 Å². The molecule has 2 aromatic carbocycles. The quantitative estimate of drug-likeness (QED) is 0.0262. The van der Waals surface area contributed by atoms with E-state index in [1.54, 1.807) is 52.0 Å². The van der Waals surface area contributed by atoms with Crippen molar-refractivity contribution in [1.82, 2.24) is 0 Å². The van der Waals surface area contributed by atoms with Crippen molar-refractivity contribution in [2.75, 3.05) is 19.8 Å². The molecule has 0 bridgehead atoms. The molecule has 84 heavy (non-hydrogen) atoms. The predicted molar refractivity (Wildman–Crippen MR) is 336 cm³/mol. The summed E-state index contributed by atoms with van der Waals surface area (Å²) in [5.74, 6) is -2.31. The molecule has 0 saturated heterocycles. The lowest BCUT2D eigenvalue weighted by molar-refractivity contribution is -0.258. The Labute approximate surface area is 516 Å². The van der Waals surface area contributed by atoms with Crippen LogP contribution < -0.4 is 0 Å². The summed E-state index contributed by atoms with van der Waals surface area (Å²) in [5, 5.41) is 10.0. The molecular weight excluding hydrogens is 1150 g/mol. The van der Waals surface area contributed by atoms with E-state index in [-0.39, 0.29) is 87.2 Å². The Morgan fingerprint density at radius 3 is 1.63 bits per heavy atom. The maximum atomic E-state index is 14.3. The van der Waals surface area contributed by atoms with Gasteiger partial charge >= 0.3 is 30.1 Å². The Balaban J connectivity index is 1.15. The lowest BCUT2D eigenvalue weighted by atomic mass is 9.85. The minimum Gasteiger partial charge on any atom is -0.465 e. The zero-order valence-corrected chi connectivity index (χ0v) is 53.1. The van der Waals surface area contributed by atoms with Gasteiger partial charge in [-0.05, 0) is 138 Å². The number of rotatable bonds is 30. The number of carbonyl (C=O) groups excluding carboxylic acids is 4. The van der Waals surface area contributed by atoms with Crippen molar-refractivity contribution in [2.45, 2.75) is 189 Å². The predicted octanol–water partition coefficient (Wildman–Crippen LogP) is 15.9. The molecule has 0 aliphatic heterocycles. The number of benzene rings is 2. The third-order valence-corrected chi connectivity index (χ3v) is 20.6. The SMILES string of the molecule is [C-]#[N+]C(C)(CCC(=O)OCC1CC(/C=C\C2CC(C=C)CC2COC(=O)CCC(C)(CC(C)(SC(=S)c2ccccc2)C(=O)OC2(CC)CCCC2)[N+]#[C-])CC1C=C)CC(C)(SC(=S)c1ccccc1)C(=O)OCC(C)CC(C)(O)C(F)(F)F. The number of carbonyl (C=O) groups is 4. The highest BCUT2D eigenvalue weighted by Crippen LogP contribution is 2.47. The molecule has 12 unspecified atom stereocenters. The number of hydrogen-bond acceptors (Lipinski definition) is 13. The van der Waals surface area contributed by atoms with Gasteiger partial charge in [-0.1, -0.05) is 147 Å². The zero-order valence-electron chi connectivity index (χ0n) is 49.8. The van der Waals surface area contributed by atoms with Gasteiger partial charge in [0.05, 0.1) is 53.9 Å². The summed E-state index contributed by atoms with van der Waals surface area (Å²) in [7, 11) is 0. The van der Waals surface area contributed by atoms with Gasteiger partial charge in [0.15, 0.2) is 5.60 Å². The van der Waals surface area contributed by atoms with E-state index < -0.39 is 80.8 Å². The van der Waals surface area contributed by atoms with Gasteiger partial charge in [0, 0.05) is 26.7 Å². The van der Waals surface area contributed by atoms with Crippen LogP contribution in [0.15, 0.2) is 98.1 Å². The molecule has 0 heterocycles. The Morgan fingerprint density at radius 2 is 1.18 bits per heavy atom. The van der Waals surface area contributed by atoms with Crippen molar-refractivity contribution in [3.05, 3.63) is 132 Å². The Morgan fingerprint density at radius 1 is 0.714 bits per heavy atom. The molecule has 0 aromatic heterocycles. The summed E-state index contributed by atoms with van der Waals surface area (Å²) < 4.78 is 62.3. The average molecular weight is 1240 g/mol. The van der Waals surface area contributed by atoms with Crippen LogP contribution in [0.25, 0.3) is 9.69 Å². The van der Waals surface area contributed by atoms with Crippen molar-refractivity contribution in [1.29, 1.82) is 0 Å². The lowest BCUT2D eigenvalue weighted by Gasteiger charge is -2.36. The number of hydrogen-bond donors (Lipinski definition) is 1. The normalized spacial score (nSPS) is 24.2. The van der Waals surface area contributed by atoms with Crippen LogP contribution in [-0.4, -0.2) is 95.1 Å². The van der Waals surface area contributed by atoms with Crippen LogP contribution in [0.1, 0.15) is 162 Å². The number of ether oxygens (including phenoxy) is 4. The van der Waals surface area contributed by atoms with Gasteiger partial charge in [-0.3, -0.25) is 19.2 Å². The molecule has 5 rings (SSSR count). The average Bonchev–Trinajstić information content (AvgIpc) is 4.23. The van der Waals surface area contributed by atoms with Crippen molar-refractivity contribution >= 4 is 80.2 Å². The van der Waals surface area contributed by atoms with E-state index in [0.717, 1.165) is 68.7 Å². The third-order valence-electron chi connectivity index (χ3n) is 17.3. The maximum Gasteiger partial charge on any atom is 0.416 e. The Kier molecular flexibility index (Phi) is 25.5. The standard InChI is InChI=1S/C66H85F3N2O9S4/c1-12-46-35-51(53(36-46)42-78-55(73)30-34-61(6,71-11)44-63(8,84-57(82)50-25-19-16-20-26-50)59(75)80-65(14-3)31-21-22-32-65)28-27-47-37-48(13-2)52(38-47)41-77-54(72)29-33-60(5,70-10)43-62(7,83-56(81)49-23-17-15-18-24-49)58(74)79-40-45(4)39-64(9,76)66(67,68)69/h12-13,15-20,23-28,45-48,51-53,76H,1-2,14,21-22,29-44H2,3-9H3/b28-27-. The molecule has 0 spiro atoms. The smallest absolute Gasteiger partial charge is 0.416 e. The minimum absolute atomic E-state index is 0.00218. The number of thioether (sulfide) groups is 2. The summed E-state index contributed by atoms with van der Waals surface area (Å²) in [5.41, 5.74) is -4.45. The van der Waals surface area contributed by atoms with Gasteiger partial charge in [0.25, 0.3) is 0 Å². The third kappa shape index (κ3) is 19.8. The summed E-state index contributed by atoms with van der Waals surface area (Å²) in [6.07, 6.45) is 10.3. The number of thiocarbonyl (C=S) groups is 2. The van der Waals surface area contributed by atoms with Crippen LogP contribution >= 0.6 is 48.0 Å². The number of aliphatic hydroxyl groups is 1. The first-order chi connectivity index (χ1) is 39.5. The monoisotopic (exact) mass is 1230 g/mol. The second kappa shape index (κ2) is 30.7. The van der Waals surface area contributed by atoms with Gasteiger partial charge in [-0.15, -0.1) is 13.2 Å². The van der Waals surface area contributed by atoms with Crippen LogP contribution in [-0.2, 0) is 38.1 Å². The topological polar surface area (TPSA) is 134 Å². The molecule has 0 amide bonds. The van der Waals surface area contributed by atoms with E-state index in [2.05, 4.69) is 35.0 Å². The fourth-order valence-corrected chi connectivity index (χ4v) is 15.9. The van der Waals surface area contributed by atoms with Crippen LogP contribution in [0.4, 0.5) is 13.2 Å². The largest absolute Gasteiger partial charge is 0.465 e. The minimum atomic E-state index is -4.88. The van der Waals surface area contributed by atoms with Crippen LogP contribution in [0.2, 0.25) is 0 Å². The zero-order chi connectivity index (χ0) is 62.2. The van der Waals surface area contributed by atoms with Crippen LogP contribution in [0.5, 0.6) is 0 Å². The van der Waals surface area contributed by atoms with Gasteiger partial charge in [-0.25, -0.2) is 13.1 Å². The number of allylic oxidation sites excluding steroid dienone is 4. The molecule has 1 N–H and O–H groups in total. The number of halogens is 3. The van der Waals surface area contributed by atoms with E-state index in [0.29, 0.717) is 27.3 Å². The molecule has 3 fully saturated rings. The van der Waals surface area contributed by atoms with Gasteiger partial charge in [-0.2, -0.15) is 13.2 Å². The molecule has 3 saturated carbocycles. The molecule has 0 radical (unpaired) electrons. The van der Waals surface area contributed by atoms with E-state index in [1.807, 2.05) is 55.5 Å². The molecule has 11 nitrogen and oxygen atoms in total. The summed E-state index contributed by atoms with van der Waals surface area (Å²) >= 11 is 13.9. The van der Waals surface area contributed by atoms with Crippen LogP contribution in [0, 0.1) is 54.6 Å². The summed E-state index contributed by atoms with van der Waals surface area (Å²) in [6.45, 7) is 35.6. The Bertz CT molecular complexity index is 2740. The molecule has 12 atom stereocenters. The second-order valence-corrected chi connectivity index (χ2v) is 29.2. The van der Waals surface area contributed by atoms with E-state index >= 15 is 0 Å². The molecule has 3 aliphatic carbocycles. The van der Waals surface area contributed by atoms with E-state index in [9.17, 15) is 37.5 Å². The van der Waals surface area contributed by atoms with E-state index in [4.69, 9.17) is 56.5 Å². The molecule has 3 aliphatic rings. The lowest BCUT2D eigenvalue weighted by Crippen LogP contribution is -2.45. The fraction of sp³-hybridized carbons (Fsp3) is 0.606. The summed E-state index contributed by atoms with van der Waals surface area (Å²) in [4.78, 5) is 63.1. The molecule has 458 valence electrons. The first-order valence-corrected chi connectivity index (χ1v) is 31.7. The Hall–Kier alpha value is -4.85. The first kappa shape index (κ1) is 69.9.